The molecule has 0 radical (unpaired) electrons. The summed E-state index contributed by atoms with van der Waals surface area (Å²) in [5.74, 6) is 0.180. The number of nitrogens with zero attached hydrogens (tertiary/aromatic N) is 5. The third-order valence-electron chi connectivity index (χ3n) is 4.11. The number of rotatable bonds is 8. The Hall–Kier alpha value is -1.50. The number of hydrogen-bond donors (Lipinski definition) is 1. The van der Waals surface area contributed by atoms with Crippen molar-refractivity contribution in [1.82, 2.24) is 25.1 Å². The Morgan fingerprint density at radius 1 is 1.43 bits per heavy atom. The summed E-state index contributed by atoms with van der Waals surface area (Å²) >= 11 is 0. The predicted octanol–water partition coefficient (Wildman–Crippen LogP) is 1.69. The zero-order valence-electron chi connectivity index (χ0n) is 12.7. The van der Waals surface area contributed by atoms with Gasteiger partial charge < -0.3 is 5.11 Å². The molecule has 1 fully saturated rings. The van der Waals surface area contributed by atoms with Crippen molar-refractivity contribution < 1.29 is 9.90 Å². The van der Waals surface area contributed by atoms with Gasteiger partial charge in [-0.15, -0.1) is 5.10 Å². The number of aryl methyl sites for hydroxylation is 1. The second kappa shape index (κ2) is 8.07. The van der Waals surface area contributed by atoms with Crippen molar-refractivity contribution in [3.63, 3.8) is 0 Å². The quantitative estimate of drug-likeness (QED) is 0.785. The van der Waals surface area contributed by atoms with Crippen LogP contribution in [0.3, 0.4) is 0 Å². The van der Waals surface area contributed by atoms with Crippen LogP contribution in [0, 0.1) is 0 Å². The maximum absolute atomic E-state index is 10.8. The lowest BCUT2D eigenvalue weighted by molar-refractivity contribution is -0.137. The minimum Gasteiger partial charge on any atom is -0.481 e. The van der Waals surface area contributed by atoms with Crippen LogP contribution < -0.4 is 0 Å². The van der Waals surface area contributed by atoms with Crippen molar-refractivity contribution in [2.24, 2.45) is 0 Å². The first kappa shape index (κ1) is 15.9. The molecule has 1 N–H and O–H groups in total. The van der Waals surface area contributed by atoms with Gasteiger partial charge in [-0.1, -0.05) is 19.8 Å². The predicted molar refractivity (Wildman–Crippen MR) is 77.6 cm³/mol. The van der Waals surface area contributed by atoms with E-state index in [9.17, 15) is 4.79 Å². The summed E-state index contributed by atoms with van der Waals surface area (Å²) in [7, 11) is 0. The topological polar surface area (TPSA) is 84.1 Å². The molecule has 0 aliphatic carbocycles. The minimum atomic E-state index is -0.715. The maximum Gasteiger partial charge on any atom is 0.303 e. The second-order valence-corrected chi connectivity index (χ2v) is 5.72. The summed E-state index contributed by atoms with van der Waals surface area (Å²) in [6.45, 7) is 4.73. The van der Waals surface area contributed by atoms with E-state index >= 15 is 0 Å². The molecule has 0 bridgehead atoms. The van der Waals surface area contributed by atoms with Crippen LogP contribution in [0.1, 0.15) is 57.7 Å². The van der Waals surface area contributed by atoms with Gasteiger partial charge in [-0.25, -0.2) is 4.68 Å². The lowest BCUT2D eigenvalue weighted by Crippen LogP contribution is -2.40. The summed E-state index contributed by atoms with van der Waals surface area (Å²) in [4.78, 5) is 13.1. The Morgan fingerprint density at radius 2 is 2.29 bits per heavy atom. The molecule has 0 amide bonds. The number of carboxylic acids is 1. The van der Waals surface area contributed by atoms with E-state index < -0.39 is 5.97 Å². The van der Waals surface area contributed by atoms with E-state index in [1.807, 2.05) is 4.68 Å². The highest BCUT2D eigenvalue weighted by Crippen LogP contribution is 2.22. The van der Waals surface area contributed by atoms with E-state index in [0.717, 1.165) is 44.7 Å². The molecule has 1 unspecified atom stereocenters. The molecular formula is C14H25N5O2. The summed E-state index contributed by atoms with van der Waals surface area (Å²) in [6, 6.07) is 0.339. The normalized spacial score (nSPS) is 19.8. The molecule has 0 spiro atoms. The van der Waals surface area contributed by atoms with E-state index in [2.05, 4.69) is 27.3 Å². The van der Waals surface area contributed by atoms with Gasteiger partial charge in [-0.2, -0.15) is 0 Å². The third kappa shape index (κ3) is 4.77. The number of carboxylic acid groups (broad SMARTS) is 1. The van der Waals surface area contributed by atoms with Gasteiger partial charge in [-0.3, -0.25) is 9.69 Å². The molecule has 1 saturated heterocycles. The number of tetrazole rings is 1. The fourth-order valence-corrected chi connectivity index (χ4v) is 2.88. The van der Waals surface area contributed by atoms with Crippen molar-refractivity contribution in [3.8, 4) is 0 Å². The molecule has 1 atom stereocenters. The van der Waals surface area contributed by atoms with Crippen LogP contribution >= 0.6 is 0 Å². The maximum atomic E-state index is 10.8. The highest BCUT2D eigenvalue weighted by molar-refractivity contribution is 5.66. The number of carbonyl (C=O) groups is 1. The van der Waals surface area contributed by atoms with Crippen LogP contribution in [0.15, 0.2) is 0 Å². The van der Waals surface area contributed by atoms with Crippen molar-refractivity contribution in [2.75, 3.05) is 6.54 Å². The first-order chi connectivity index (χ1) is 10.2. The Morgan fingerprint density at radius 3 is 3.05 bits per heavy atom. The molecule has 118 valence electrons. The van der Waals surface area contributed by atoms with Gasteiger partial charge in [0.2, 0.25) is 0 Å². The summed E-state index contributed by atoms with van der Waals surface area (Å²) < 4.78 is 1.88. The largest absolute Gasteiger partial charge is 0.481 e. The van der Waals surface area contributed by atoms with Crippen molar-refractivity contribution in [1.29, 1.82) is 0 Å². The van der Waals surface area contributed by atoms with E-state index in [4.69, 9.17) is 5.11 Å². The van der Waals surface area contributed by atoms with E-state index in [1.165, 1.54) is 12.8 Å². The number of unbranched alkanes of at least 4 members (excludes halogenated alkanes) is 1. The smallest absolute Gasteiger partial charge is 0.303 e. The standard InChI is InChI=1S/C14H25N5O2/c1-2-3-10-19-13(15-16-17-19)11-18-9-5-4-6-12(18)7-8-14(20)21/h12H,2-11H2,1H3,(H,20,21). The number of likely N-dealkylation sites (tertiary alicyclic amines) is 1. The summed E-state index contributed by atoms with van der Waals surface area (Å²) in [5.41, 5.74) is 0. The lowest BCUT2D eigenvalue weighted by atomic mass is 9.98. The second-order valence-electron chi connectivity index (χ2n) is 5.72. The number of piperidine rings is 1. The Labute approximate surface area is 125 Å². The molecule has 1 aromatic rings. The average Bonchev–Trinajstić information content (AvgIpc) is 2.91. The van der Waals surface area contributed by atoms with Gasteiger partial charge in [0, 0.05) is 19.0 Å². The molecule has 0 saturated carbocycles. The Kier molecular flexibility index (Phi) is 6.10. The molecular weight excluding hydrogens is 270 g/mol. The van der Waals surface area contributed by atoms with Gasteiger partial charge in [-0.05, 0) is 42.7 Å². The first-order valence-corrected chi connectivity index (χ1v) is 7.91. The van der Waals surface area contributed by atoms with Gasteiger partial charge >= 0.3 is 5.97 Å². The first-order valence-electron chi connectivity index (χ1n) is 7.91. The van der Waals surface area contributed by atoms with Crippen LogP contribution in [0.4, 0.5) is 0 Å². The SMILES string of the molecule is CCCCn1nnnc1CN1CCCCC1CCC(=O)O. The molecule has 1 aromatic heterocycles. The third-order valence-corrected chi connectivity index (χ3v) is 4.11. The monoisotopic (exact) mass is 295 g/mol. The zero-order chi connectivity index (χ0) is 15.1. The molecule has 2 heterocycles. The summed E-state index contributed by atoms with van der Waals surface area (Å²) in [5, 5.41) is 20.8. The van der Waals surface area contributed by atoms with Gasteiger partial charge in [0.25, 0.3) is 0 Å². The number of aromatic nitrogens is 4. The molecule has 2 rings (SSSR count). The van der Waals surface area contributed by atoms with Crippen molar-refractivity contribution in [3.05, 3.63) is 5.82 Å². The van der Waals surface area contributed by atoms with Gasteiger partial charge in [0.05, 0.1) is 6.54 Å². The Bertz CT molecular complexity index is 448. The fourth-order valence-electron chi connectivity index (χ4n) is 2.88. The molecule has 7 heteroatoms. The van der Waals surface area contributed by atoms with E-state index in [-0.39, 0.29) is 6.42 Å². The van der Waals surface area contributed by atoms with Crippen LogP contribution in [0.25, 0.3) is 0 Å². The van der Waals surface area contributed by atoms with E-state index in [0.29, 0.717) is 12.5 Å². The van der Waals surface area contributed by atoms with Crippen LogP contribution in [0.5, 0.6) is 0 Å². The molecule has 7 nitrogen and oxygen atoms in total. The van der Waals surface area contributed by atoms with Crippen molar-refractivity contribution in [2.45, 2.75) is 71.0 Å². The van der Waals surface area contributed by atoms with Crippen LogP contribution in [0.2, 0.25) is 0 Å². The van der Waals surface area contributed by atoms with Gasteiger partial charge in [0.1, 0.15) is 0 Å². The highest BCUT2D eigenvalue weighted by atomic mass is 16.4. The summed E-state index contributed by atoms with van der Waals surface area (Å²) in [6.07, 6.45) is 6.56. The van der Waals surface area contributed by atoms with Gasteiger partial charge in [0.15, 0.2) is 5.82 Å². The molecule has 1 aliphatic heterocycles. The molecule has 0 aromatic carbocycles. The zero-order valence-corrected chi connectivity index (χ0v) is 12.7. The average molecular weight is 295 g/mol. The minimum absolute atomic E-state index is 0.238. The number of aliphatic carboxylic acids is 1. The van der Waals surface area contributed by atoms with Crippen LogP contribution in [-0.4, -0.2) is 48.8 Å². The molecule has 21 heavy (non-hydrogen) atoms. The van der Waals surface area contributed by atoms with Crippen molar-refractivity contribution >= 4 is 5.97 Å². The fraction of sp³-hybridized carbons (Fsp3) is 0.857. The van der Waals surface area contributed by atoms with Crippen LogP contribution in [-0.2, 0) is 17.9 Å². The molecule has 1 aliphatic rings. The van der Waals surface area contributed by atoms with E-state index in [1.54, 1.807) is 0 Å². The highest BCUT2D eigenvalue weighted by Gasteiger charge is 2.24. The Balaban J connectivity index is 1.95. The number of hydrogen-bond acceptors (Lipinski definition) is 5. The lowest BCUT2D eigenvalue weighted by Gasteiger charge is -2.35.